The summed E-state index contributed by atoms with van der Waals surface area (Å²) in [5, 5.41) is 14.9. The zero-order valence-electron chi connectivity index (χ0n) is 14.5. The van der Waals surface area contributed by atoms with Crippen molar-refractivity contribution in [2.75, 3.05) is 0 Å². The third-order valence-electron chi connectivity index (χ3n) is 4.14. The number of hydrogen-bond acceptors (Lipinski definition) is 4. The highest BCUT2D eigenvalue weighted by Gasteiger charge is 2.01. The van der Waals surface area contributed by atoms with E-state index in [0.717, 1.165) is 36.8 Å². The van der Waals surface area contributed by atoms with Crippen molar-refractivity contribution in [1.82, 2.24) is 9.97 Å². The second-order valence-electron chi connectivity index (χ2n) is 6.26. The maximum Gasteiger partial charge on any atom is 0.124 e. The predicted molar refractivity (Wildman–Crippen MR) is 101 cm³/mol. The molecule has 0 radical (unpaired) electrons. The molecule has 6 heteroatoms. The second kappa shape index (κ2) is 9.52. The van der Waals surface area contributed by atoms with Crippen LogP contribution >= 0.6 is 0 Å². The Hall–Kier alpha value is -2.76. The van der Waals surface area contributed by atoms with Crippen molar-refractivity contribution in [3.8, 4) is 0 Å². The lowest BCUT2D eigenvalue weighted by atomic mass is 10.0. The number of rotatable bonds is 10. The number of aryl methyl sites for hydroxylation is 2. The van der Waals surface area contributed by atoms with Gasteiger partial charge in [-0.1, -0.05) is 19.3 Å². The Kier molecular flexibility index (Phi) is 7.07. The molecule has 0 aromatic carbocycles. The predicted octanol–water partition coefficient (Wildman–Crippen LogP) is 2.78. The minimum Gasteiger partial charge on any atom is -0.384 e. The summed E-state index contributed by atoms with van der Waals surface area (Å²) in [6.45, 7) is 0. The first-order valence-corrected chi connectivity index (χ1v) is 8.63. The number of amidine groups is 2. The molecule has 0 saturated heterocycles. The molecule has 0 saturated carbocycles. The maximum absolute atomic E-state index is 7.44. The number of nitrogen functional groups attached to an aromatic ring is 2. The Balaban J connectivity index is 1.62. The summed E-state index contributed by atoms with van der Waals surface area (Å²) < 4.78 is 0. The van der Waals surface area contributed by atoms with E-state index in [1.54, 1.807) is 12.4 Å². The van der Waals surface area contributed by atoms with Crippen molar-refractivity contribution in [3.63, 3.8) is 0 Å². The molecule has 2 aromatic rings. The van der Waals surface area contributed by atoms with Gasteiger partial charge >= 0.3 is 0 Å². The molecule has 2 rings (SSSR count). The Labute approximate surface area is 148 Å². The van der Waals surface area contributed by atoms with Crippen LogP contribution in [0.3, 0.4) is 0 Å². The Morgan fingerprint density at radius 2 is 1.08 bits per heavy atom. The number of unbranched alkanes of at least 4 members (excludes halogenated alkanes) is 4. The average Bonchev–Trinajstić information content (AvgIpc) is 2.61. The van der Waals surface area contributed by atoms with Gasteiger partial charge in [-0.05, 0) is 48.9 Å². The molecule has 0 atom stereocenters. The molecule has 0 aliphatic heterocycles. The van der Waals surface area contributed by atoms with Gasteiger partial charge in [-0.3, -0.25) is 20.8 Å². The topological polar surface area (TPSA) is 126 Å². The lowest BCUT2D eigenvalue weighted by Crippen LogP contribution is -2.11. The summed E-state index contributed by atoms with van der Waals surface area (Å²) >= 11 is 0. The van der Waals surface area contributed by atoms with E-state index in [9.17, 15) is 0 Å². The van der Waals surface area contributed by atoms with Crippen LogP contribution in [0.1, 0.15) is 54.4 Å². The Bertz CT molecular complexity index is 664. The molecular weight excluding hydrogens is 312 g/mol. The molecule has 132 valence electrons. The van der Waals surface area contributed by atoms with Crippen LogP contribution in [0.4, 0.5) is 0 Å². The smallest absolute Gasteiger partial charge is 0.124 e. The van der Waals surface area contributed by atoms with Crippen molar-refractivity contribution < 1.29 is 0 Å². The second-order valence-corrected chi connectivity index (χ2v) is 6.26. The van der Waals surface area contributed by atoms with Crippen LogP contribution in [-0.4, -0.2) is 21.6 Å². The Morgan fingerprint density at radius 1 is 0.680 bits per heavy atom. The third-order valence-corrected chi connectivity index (χ3v) is 4.14. The molecule has 2 aromatic heterocycles. The van der Waals surface area contributed by atoms with Crippen molar-refractivity contribution in [2.24, 2.45) is 11.5 Å². The van der Waals surface area contributed by atoms with E-state index in [-0.39, 0.29) is 11.7 Å². The molecule has 6 nitrogen and oxygen atoms in total. The maximum atomic E-state index is 7.44. The minimum absolute atomic E-state index is 0.0673. The van der Waals surface area contributed by atoms with E-state index in [1.165, 1.54) is 19.3 Å². The van der Waals surface area contributed by atoms with Crippen molar-refractivity contribution >= 4 is 11.7 Å². The van der Waals surface area contributed by atoms with E-state index in [1.807, 2.05) is 24.5 Å². The van der Waals surface area contributed by atoms with Crippen LogP contribution < -0.4 is 11.5 Å². The first-order valence-electron chi connectivity index (χ1n) is 8.63. The number of pyridine rings is 2. The van der Waals surface area contributed by atoms with E-state index < -0.39 is 0 Å². The van der Waals surface area contributed by atoms with Gasteiger partial charge in [-0.25, -0.2) is 0 Å². The van der Waals surface area contributed by atoms with E-state index in [2.05, 4.69) is 9.97 Å². The van der Waals surface area contributed by atoms with Crippen LogP contribution in [0.15, 0.2) is 36.9 Å². The van der Waals surface area contributed by atoms with Gasteiger partial charge in [0.2, 0.25) is 0 Å². The quantitative estimate of drug-likeness (QED) is 0.302. The number of aromatic nitrogens is 2. The minimum atomic E-state index is 0.0673. The molecule has 0 bridgehead atoms. The van der Waals surface area contributed by atoms with Crippen molar-refractivity contribution in [1.29, 1.82) is 10.8 Å². The number of nitrogens with zero attached hydrogens (tertiary/aromatic N) is 2. The molecule has 25 heavy (non-hydrogen) atoms. The molecule has 6 N–H and O–H groups in total. The van der Waals surface area contributed by atoms with Crippen molar-refractivity contribution in [2.45, 2.75) is 44.9 Å². The van der Waals surface area contributed by atoms with Crippen LogP contribution in [0.25, 0.3) is 0 Å². The first kappa shape index (κ1) is 18.6. The normalized spacial score (nSPS) is 10.6. The highest BCUT2D eigenvalue weighted by atomic mass is 14.7. The Morgan fingerprint density at radius 3 is 1.48 bits per heavy atom. The van der Waals surface area contributed by atoms with Gasteiger partial charge in [0.15, 0.2) is 0 Å². The van der Waals surface area contributed by atoms with Gasteiger partial charge in [0.05, 0.1) is 0 Å². The van der Waals surface area contributed by atoms with Crippen LogP contribution in [0, 0.1) is 10.8 Å². The molecule has 2 heterocycles. The van der Waals surface area contributed by atoms with Gasteiger partial charge in [-0.2, -0.15) is 0 Å². The zero-order valence-corrected chi connectivity index (χ0v) is 14.5. The summed E-state index contributed by atoms with van der Waals surface area (Å²) in [6.07, 6.45) is 14.7. The van der Waals surface area contributed by atoms with E-state index in [4.69, 9.17) is 22.3 Å². The van der Waals surface area contributed by atoms with Gasteiger partial charge in [-0.15, -0.1) is 0 Å². The summed E-state index contributed by atoms with van der Waals surface area (Å²) in [6, 6.07) is 3.90. The molecule has 0 fully saturated rings. The summed E-state index contributed by atoms with van der Waals surface area (Å²) in [5.41, 5.74) is 14.6. The molecule has 0 amide bonds. The lowest BCUT2D eigenvalue weighted by Gasteiger charge is -2.05. The SMILES string of the molecule is N=C(N)c1cncc(CCCCCCCc2cncc(C(=N)N)c2)c1. The highest BCUT2D eigenvalue weighted by Crippen LogP contribution is 2.12. The molecule has 0 unspecified atom stereocenters. The number of nitrogens with one attached hydrogen (secondary N) is 2. The molecule has 0 spiro atoms. The molecule has 0 aliphatic rings. The number of hydrogen-bond donors (Lipinski definition) is 4. The first-order chi connectivity index (χ1) is 12.1. The van der Waals surface area contributed by atoms with Gasteiger partial charge < -0.3 is 11.5 Å². The van der Waals surface area contributed by atoms with Gasteiger partial charge in [0, 0.05) is 35.9 Å². The average molecular weight is 338 g/mol. The van der Waals surface area contributed by atoms with Gasteiger partial charge in [0.1, 0.15) is 11.7 Å². The zero-order chi connectivity index (χ0) is 18.1. The molecule has 0 aliphatic carbocycles. The monoisotopic (exact) mass is 338 g/mol. The number of nitrogens with two attached hydrogens (primary N) is 2. The van der Waals surface area contributed by atoms with Crippen LogP contribution in [-0.2, 0) is 12.8 Å². The highest BCUT2D eigenvalue weighted by molar-refractivity contribution is 5.95. The van der Waals surface area contributed by atoms with E-state index in [0.29, 0.717) is 11.1 Å². The van der Waals surface area contributed by atoms with Crippen LogP contribution in [0.5, 0.6) is 0 Å². The van der Waals surface area contributed by atoms with Gasteiger partial charge in [0.25, 0.3) is 0 Å². The fourth-order valence-electron chi connectivity index (χ4n) is 2.73. The largest absolute Gasteiger partial charge is 0.384 e. The van der Waals surface area contributed by atoms with Crippen LogP contribution in [0.2, 0.25) is 0 Å². The summed E-state index contributed by atoms with van der Waals surface area (Å²) in [5.74, 6) is 0.135. The fraction of sp³-hybridized carbons (Fsp3) is 0.368. The fourth-order valence-corrected chi connectivity index (χ4v) is 2.73. The lowest BCUT2D eigenvalue weighted by molar-refractivity contribution is 0.613. The van der Waals surface area contributed by atoms with Crippen molar-refractivity contribution in [3.05, 3.63) is 59.2 Å². The summed E-state index contributed by atoms with van der Waals surface area (Å²) in [4.78, 5) is 8.27. The third kappa shape index (κ3) is 6.33. The van der Waals surface area contributed by atoms with E-state index >= 15 is 0 Å². The summed E-state index contributed by atoms with van der Waals surface area (Å²) in [7, 11) is 0. The standard InChI is InChI=1S/C19H26N6/c20-18(21)16-8-14(10-24-12-16)6-4-2-1-3-5-7-15-9-17(19(22)23)13-25-11-15/h8-13H,1-7H2,(H3,20,21)(H3,22,23). The molecular formula is C19H26N6.